The van der Waals surface area contributed by atoms with Crippen molar-refractivity contribution in [2.24, 2.45) is 0 Å². The molecule has 0 amide bonds. The Morgan fingerprint density at radius 3 is 3.22 bits per heavy atom. The van der Waals surface area contributed by atoms with E-state index in [0.717, 1.165) is 17.9 Å². The van der Waals surface area contributed by atoms with E-state index in [1.54, 1.807) is 11.3 Å². The molecule has 1 saturated heterocycles. The molecule has 2 aromatic heterocycles. The predicted octanol–water partition coefficient (Wildman–Crippen LogP) is 1.89. The third-order valence-electron chi connectivity index (χ3n) is 3.23. The smallest absolute Gasteiger partial charge is 0.234 e. The molecule has 1 aliphatic rings. The van der Waals surface area contributed by atoms with Crippen LogP contribution in [0.1, 0.15) is 18.2 Å². The molecule has 0 radical (unpaired) electrons. The predicted molar refractivity (Wildman–Crippen MR) is 68.6 cm³/mol. The molecule has 1 aliphatic heterocycles. The number of hydrogen-bond donors (Lipinski definition) is 1. The van der Waals surface area contributed by atoms with Crippen molar-refractivity contribution >= 4 is 11.3 Å². The first kappa shape index (κ1) is 11.8. The van der Waals surface area contributed by atoms with Gasteiger partial charge in [0, 0.05) is 12.6 Å². The Kier molecular flexibility index (Phi) is 3.40. The first-order valence-electron chi connectivity index (χ1n) is 6.01. The summed E-state index contributed by atoms with van der Waals surface area (Å²) in [6.45, 7) is 1.42. The summed E-state index contributed by atoms with van der Waals surface area (Å²) in [6, 6.07) is 4.32. The third kappa shape index (κ3) is 2.19. The number of nitrogens with zero attached hydrogens (tertiary/aromatic N) is 2. The van der Waals surface area contributed by atoms with Gasteiger partial charge in [0.1, 0.15) is 0 Å². The van der Waals surface area contributed by atoms with Crippen LogP contribution >= 0.6 is 11.3 Å². The normalized spacial score (nSPS) is 24.3. The first-order chi connectivity index (χ1) is 8.88. The Balaban J connectivity index is 1.84. The number of thiophene rings is 1. The molecule has 2 unspecified atom stereocenters. The summed E-state index contributed by atoms with van der Waals surface area (Å²) in [5.41, 5.74) is 0. The summed E-state index contributed by atoms with van der Waals surface area (Å²) in [6.07, 6.45) is 0.970. The van der Waals surface area contributed by atoms with E-state index in [9.17, 15) is 0 Å². The number of ether oxygens (including phenoxy) is 1. The van der Waals surface area contributed by atoms with Gasteiger partial charge in [-0.15, -0.1) is 11.3 Å². The lowest BCUT2D eigenvalue weighted by molar-refractivity contribution is 0.0516. The Bertz CT molecular complexity index is 497. The van der Waals surface area contributed by atoms with Crippen LogP contribution in [-0.2, 0) is 4.74 Å². The fraction of sp³-hybridized carbons (Fsp3) is 0.500. The summed E-state index contributed by atoms with van der Waals surface area (Å²) in [4.78, 5) is 5.52. The Labute approximate surface area is 109 Å². The van der Waals surface area contributed by atoms with Crippen molar-refractivity contribution in [3.63, 3.8) is 0 Å². The molecule has 0 saturated carbocycles. The number of hydrogen-bond acceptors (Lipinski definition) is 6. The maximum Gasteiger partial charge on any atom is 0.234 e. The quantitative estimate of drug-likeness (QED) is 0.918. The molecular weight excluding hydrogens is 250 g/mol. The lowest BCUT2D eigenvalue weighted by Crippen LogP contribution is -2.39. The molecule has 6 heteroatoms. The van der Waals surface area contributed by atoms with Gasteiger partial charge in [0.15, 0.2) is 0 Å². The molecule has 18 heavy (non-hydrogen) atoms. The van der Waals surface area contributed by atoms with Crippen LogP contribution in [0.4, 0.5) is 0 Å². The Morgan fingerprint density at radius 2 is 2.44 bits per heavy atom. The van der Waals surface area contributed by atoms with Crippen molar-refractivity contribution < 1.29 is 9.26 Å². The van der Waals surface area contributed by atoms with Crippen LogP contribution in [0.5, 0.6) is 0 Å². The molecule has 0 bridgehead atoms. The molecular formula is C12H15N3O2S. The third-order valence-corrected chi connectivity index (χ3v) is 4.09. The van der Waals surface area contributed by atoms with Gasteiger partial charge in [0.2, 0.25) is 11.7 Å². The molecule has 2 atom stereocenters. The molecule has 3 rings (SSSR count). The van der Waals surface area contributed by atoms with E-state index in [-0.39, 0.29) is 5.92 Å². The number of nitrogens with one attached hydrogen (secondary N) is 1. The van der Waals surface area contributed by atoms with E-state index in [4.69, 9.17) is 9.26 Å². The average molecular weight is 265 g/mol. The van der Waals surface area contributed by atoms with Crippen molar-refractivity contribution in [3.8, 4) is 10.7 Å². The number of aromatic nitrogens is 2. The zero-order valence-corrected chi connectivity index (χ0v) is 10.9. The van der Waals surface area contributed by atoms with Crippen LogP contribution in [-0.4, -0.2) is 36.4 Å². The first-order valence-corrected chi connectivity index (χ1v) is 6.89. The van der Waals surface area contributed by atoms with Crippen LogP contribution < -0.4 is 5.32 Å². The minimum Gasteiger partial charge on any atom is -0.381 e. The molecule has 0 aliphatic carbocycles. The summed E-state index contributed by atoms with van der Waals surface area (Å²) in [5.74, 6) is 1.47. The Hall–Kier alpha value is -1.24. The van der Waals surface area contributed by atoms with Gasteiger partial charge in [0.25, 0.3) is 0 Å². The minimum atomic E-state index is 0.143. The maximum atomic E-state index is 5.50. The van der Waals surface area contributed by atoms with Crippen molar-refractivity contribution in [2.45, 2.75) is 18.4 Å². The fourth-order valence-corrected chi connectivity index (χ4v) is 2.87. The van der Waals surface area contributed by atoms with Gasteiger partial charge in [-0.25, -0.2) is 0 Å². The van der Waals surface area contributed by atoms with Crippen LogP contribution in [0.25, 0.3) is 10.7 Å². The lowest BCUT2D eigenvalue weighted by atomic mass is 9.96. The van der Waals surface area contributed by atoms with Gasteiger partial charge < -0.3 is 14.6 Å². The van der Waals surface area contributed by atoms with E-state index >= 15 is 0 Å². The minimum absolute atomic E-state index is 0.143. The highest BCUT2D eigenvalue weighted by molar-refractivity contribution is 7.13. The zero-order chi connectivity index (χ0) is 12.4. The van der Waals surface area contributed by atoms with E-state index in [1.165, 1.54) is 0 Å². The SMILES string of the molecule is CNC1CCOCC1c1nc(-c2cccs2)no1. The van der Waals surface area contributed by atoms with Crippen LogP contribution in [0.3, 0.4) is 0 Å². The van der Waals surface area contributed by atoms with E-state index in [1.807, 2.05) is 24.6 Å². The molecule has 0 aromatic carbocycles. The monoisotopic (exact) mass is 265 g/mol. The topological polar surface area (TPSA) is 60.2 Å². The number of rotatable bonds is 3. The molecule has 96 valence electrons. The van der Waals surface area contributed by atoms with Gasteiger partial charge in [-0.05, 0) is 24.9 Å². The van der Waals surface area contributed by atoms with Crippen molar-refractivity contribution in [3.05, 3.63) is 23.4 Å². The molecule has 1 fully saturated rings. The second-order valence-corrected chi connectivity index (χ2v) is 5.25. The molecule has 5 nitrogen and oxygen atoms in total. The second kappa shape index (κ2) is 5.17. The van der Waals surface area contributed by atoms with Crippen LogP contribution in [0.2, 0.25) is 0 Å². The molecule has 1 N–H and O–H groups in total. The Morgan fingerprint density at radius 1 is 1.50 bits per heavy atom. The molecule has 2 aromatic rings. The highest BCUT2D eigenvalue weighted by atomic mass is 32.1. The average Bonchev–Trinajstić information content (AvgIpc) is 3.09. The summed E-state index contributed by atoms with van der Waals surface area (Å²) >= 11 is 1.61. The van der Waals surface area contributed by atoms with Gasteiger partial charge >= 0.3 is 0 Å². The zero-order valence-electron chi connectivity index (χ0n) is 10.1. The molecule has 3 heterocycles. The lowest BCUT2D eigenvalue weighted by Gasteiger charge is -2.28. The van der Waals surface area contributed by atoms with Gasteiger partial charge in [-0.2, -0.15) is 4.98 Å². The van der Waals surface area contributed by atoms with E-state index in [2.05, 4.69) is 15.5 Å². The summed E-state index contributed by atoms with van der Waals surface area (Å²) < 4.78 is 10.9. The van der Waals surface area contributed by atoms with Gasteiger partial charge in [-0.1, -0.05) is 11.2 Å². The molecule has 0 spiro atoms. The van der Waals surface area contributed by atoms with Crippen LogP contribution in [0, 0.1) is 0 Å². The summed E-state index contributed by atoms with van der Waals surface area (Å²) in [5, 5.41) is 9.34. The largest absolute Gasteiger partial charge is 0.381 e. The highest BCUT2D eigenvalue weighted by Gasteiger charge is 2.30. The van der Waals surface area contributed by atoms with Crippen molar-refractivity contribution in [1.29, 1.82) is 0 Å². The van der Waals surface area contributed by atoms with Crippen LogP contribution in [0.15, 0.2) is 22.0 Å². The van der Waals surface area contributed by atoms with E-state index in [0.29, 0.717) is 24.4 Å². The summed E-state index contributed by atoms with van der Waals surface area (Å²) in [7, 11) is 1.96. The van der Waals surface area contributed by atoms with Crippen molar-refractivity contribution in [2.75, 3.05) is 20.3 Å². The van der Waals surface area contributed by atoms with Gasteiger partial charge in [0.05, 0.1) is 17.4 Å². The maximum absolute atomic E-state index is 5.50. The number of likely N-dealkylation sites (N-methyl/N-ethyl adjacent to an activating group) is 1. The fourth-order valence-electron chi connectivity index (χ4n) is 2.22. The second-order valence-electron chi connectivity index (χ2n) is 4.30. The highest BCUT2D eigenvalue weighted by Crippen LogP contribution is 2.28. The standard InChI is InChI=1S/C12H15N3O2S/c1-13-9-4-5-16-7-8(9)12-14-11(15-17-12)10-3-2-6-18-10/h2-3,6,8-9,13H,4-5,7H2,1H3. The van der Waals surface area contributed by atoms with Gasteiger partial charge in [-0.3, -0.25) is 0 Å². The van der Waals surface area contributed by atoms with Crippen molar-refractivity contribution in [1.82, 2.24) is 15.5 Å². The van der Waals surface area contributed by atoms with E-state index < -0.39 is 0 Å².